The topological polar surface area (TPSA) is 116 Å². The fourth-order valence-electron chi connectivity index (χ4n) is 3.38. The summed E-state index contributed by atoms with van der Waals surface area (Å²) in [4.78, 5) is 8.81. The smallest absolute Gasteiger partial charge is 0.257 e. The second-order valence-electron chi connectivity index (χ2n) is 7.50. The SMILES string of the molecule is CCOc1nc([C@@H](CS(C)(=O)=O)Nc2ncc(-c3ccccc3F)c(C)c2N)ccc1OC. The van der Waals surface area contributed by atoms with Gasteiger partial charge in [-0.2, -0.15) is 0 Å². The number of nitrogen functional groups attached to an aromatic ring is 1. The third-order valence-corrected chi connectivity index (χ3v) is 5.97. The van der Waals surface area contributed by atoms with Gasteiger partial charge in [-0.3, -0.25) is 0 Å². The fraction of sp³-hybridized carbons (Fsp3) is 0.304. The highest BCUT2D eigenvalue weighted by molar-refractivity contribution is 7.90. The normalized spacial score (nSPS) is 12.3. The molecular formula is C23H27FN4O4S. The van der Waals surface area contributed by atoms with E-state index in [0.717, 1.165) is 6.26 Å². The molecule has 8 nitrogen and oxygen atoms in total. The van der Waals surface area contributed by atoms with Crippen molar-refractivity contribution >= 4 is 21.3 Å². The molecule has 0 unspecified atom stereocenters. The number of pyridine rings is 2. The second-order valence-corrected chi connectivity index (χ2v) is 9.69. The van der Waals surface area contributed by atoms with E-state index in [1.54, 1.807) is 37.3 Å². The van der Waals surface area contributed by atoms with Crippen molar-refractivity contribution in [2.45, 2.75) is 19.9 Å². The van der Waals surface area contributed by atoms with Gasteiger partial charge in [0.15, 0.2) is 5.75 Å². The van der Waals surface area contributed by atoms with Crippen LogP contribution < -0.4 is 20.5 Å². The highest BCUT2D eigenvalue weighted by Crippen LogP contribution is 2.34. The fourth-order valence-corrected chi connectivity index (χ4v) is 4.24. The van der Waals surface area contributed by atoms with Crippen LogP contribution in [0.5, 0.6) is 11.6 Å². The molecule has 10 heteroatoms. The maximum Gasteiger partial charge on any atom is 0.257 e. The van der Waals surface area contributed by atoms with Crippen molar-refractivity contribution in [2.75, 3.05) is 36.8 Å². The number of methoxy groups -OCH3 is 1. The Morgan fingerprint density at radius 3 is 2.55 bits per heavy atom. The van der Waals surface area contributed by atoms with Gasteiger partial charge in [-0.25, -0.2) is 22.8 Å². The molecule has 1 aromatic carbocycles. The first-order chi connectivity index (χ1) is 15.6. The van der Waals surface area contributed by atoms with E-state index in [1.165, 1.54) is 19.4 Å². The molecule has 176 valence electrons. The van der Waals surface area contributed by atoms with Gasteiger partial charge >= 0.3 is 0 Å². The van der Waals surface area contributed by atoms with Gasteiger partial charge in [0.1, 0.15) is 21.5 Å². The molecule has 1 atom stereocenters. The zero-order valence-electron chi connectivity index (χ0n) is 18.9. The number of anilines is 2. The van der Waals surface area contributed by atoms with E-state index in [-0.39, 0.29) is 29.0 Å². The van der Waals surface area contributed by atoms with Crippen molar-refractivity contribution in [3.05, 3.63) is 59.7 Å². The van der Waals surface area contributed by atoms with E-state index < -0.39 is 15.9 Å². The summed E-state index contributed by atoms with van der Waals surface area (Å²) in [6.45, 7) is 3.93. The van der Waals surface area contributed by atoms with Gasteiger partial charge in [-0.05, 0) is 37.6 Å². The van der Waals surface area contributed by atoms with Crippen LogP contribution in [-0.4, -0.2) is 44.1 Å². The van der Waals surface area contributed by atoms with Crippen LogP contribution in [-0.2, 0) is 9.84 Å². The van der Waals surface area contributed by atoms with Crippen molar-refractivity contribution in [1.82, 2.24) is 9.97 Å². The Hall–Kier alpha value is -3.40. The van der Waals surface area contributed by atoms with Crippen LogP contribution >= 0.6 is 0 Å². The molecule has 0 fully saturated rings. The molecule has 0 aliphatic rings. The Bertz CT molecular complexity index is 1250. The molecule has 2 heterocycles. The number of nitrogens with two attached hydrogens (primary N) is 1. The number of ether oxygens (including phenoxy) is 2. The van der Waals surface area contributed by atoms with Crippen LogP contribution in [0.1, 0.15) is 24.2 Å². The Morgan fingerprint density at radius 2 is 1.91 bits per heavy atom. The van der Waals surface area contributed by atoms with E-state index in [9.17, 15) is 12.8 Å². The van der Waals surface area contributed by atoms with Crippen molar-refractivity contribution in [1.29, 1.82) is 0 Å². The van der Waals surface area contributed by atoms with E-state index in [0.29, 0.717) is 34.7 Å². The molecule has 0 aliphatic heterocycles. The maximum absolute atomic E-state index is 14.3. The predicted molar refractivity (Wildman–Crippen MR) is 127 cm³/mol. The van der Waals surface area contributed by atoms with Crippen molar-refractivity contribution < 1.29 is 22.3 Å². The highest BCUT2D eigenvalue weighted by atomic mass is 32.2. The minimum absolute atomic E-state index is 0.254. The van der Waals surface area contributed by atoms with Crippen LogP contribution in [0.3, 0.4) is 0 Å². The zero-order chi connectivity index (χ0) is 24.2. The number of hydrogen-bond donors (Lipinski definition) is 2. The number of sulfone groups is 1. The summed E-state index contributed by atoms with van der Waals surface area (Å²) in [5.41, 5.74) is 8.58. The van der Waals surface area contributed by atoms with Gasteiger partial charge in [0.2, 0.25) is 0 Å². The van der Waals surface area contributed by atoms with E-state index in [1.807, 2.05) is 6.92 Å². The highest BCUT2D eigenvalue weighted by Gasteiger charge is 2.23. The molecule has 0 radical (unpaired) electrons. The Kier molecular flexibility index (Phi) is 7.37. The number of rotatable bonds is 9. The van der Waals surface area contributed by atoms with Crippen molar-refractivity contribution in [3.8, 4) is 22.8 Å². The number of aromatic nitrogens is 2. The van der Waals surface area contributed by atoms with E-state index >= 15 is 0 Å². The molecule has 0 aliphatic carbocycles. The summed E-state index contributed by atoms with van der Waals surface area (Å²) in [7, 11) is -1.91. The van der Waals surface area contributed by atoms with Gasteiger partial charge in [0.05, 0.1) is 36.9 Å². The molecule has 0 saturated heterocycles. The minimum atomic E-state index is -3.40. The van der Waals surface area contributed by atoms with Gasteiger partial charge in [-0.1, -0.05) is 18.2 Å². The first-order valence-electron chi connectivity index (χ1n) is 10.3. The summed E-state index contributed by atoms with van der Waals surface area (Å²) < 4.78 is 49.4. The summed E-state index contributed by atoms with van der Waals surface area (Å²) in [6, 6.07) is 8.90. The Morgan fingerprint density at radius 1 is 1.18 bits per heavy atom. The van der Waals surface area contributed by atoms with E-state index in [2.05, 4.69) is 15.3 Å². The average Bonchev–Trinajstić information content (AvgIpc) is 2.76. The van der Waals surface area contributed by atoms with Crippen molar-refractivity contribution in [3.63, 3.8) is 0 Å². The zero-order valence-corrected chi connectivity index (χ0v) is 19.7. The Balaban J connectivity index is 2.02. The molecule has 0 spiro atoms. The second kappa shape index (κ2) is 10.0. The minimum Gasteiger partial charge on any atom is -0.491 e. The van der Waals surface area contributed by atoms with Crippen molar-refractivity contribution in [2.24, 2.45) is 0 Å². The molecule has 33 heavy (non-hydrogen) atoms. The van der Waals surface area contributed by atoms with Gasteiger partial charge in [0.25, 0.3) is 5.88 Å². The van der Waals surface area contributed by atoms with Crippen LogP contribution in [0.2, 0.25) is 0 Å². The van der Waals surface area contributed by atoms with Gasteiger partial charge in [0, 0.05) is 23.6 Å². The molecule has 3 rings (SSSR count). The molecular weight excluding hydrogens is 447 g/mol. The van der Waals surface area contributed by atoms with E-state index in [4.69, 9.17) is 15.2 Å². The monoisotopic (exact) mass is 474 g/mol. The number of nitrogens with one attached hydrogen (secondary N) is 1. The third kappa shape index (κ3) is 5.70. The number of hydrogen-bond acceptors (Lipinski definition) is 8. The largest absolute Gasteiger partial charge is 0.491 e. The molecule has 2 aromatic heterocycles. The number of benzene rings is 1. The lowest BCUT2D eigenvalue weighted by Crippen LogP contribution is -2.23. The Labute approximate surface area is 192 Å². The lowest BCUT2D eigenvalue weighted by Gasteiger charge is -2.21. The predicted octanol–water partition coefficient (Wildman–Crippen LogP) is 3.78. The molecule has 0 saturated carbocycles. The third-order valence-electron chi connectivity index (χ3n) is 5.04. The number of halogens is 1. The van der Waals surface area contributed by atoms with Gasteiger partial charge < -0.3 is 20.5 Å². The summed E-state index contributed by atoms with van der Waals surface area (Å²) in [6.07, 6.45) is 2.65. The lowest BCUT2D eigenvalue weighted by atomic mass is 10.0. The first-order valence-corrected chi connectivity index (χ1v) is 12.3. The maximum atomic E-state index is 14.3. The standard InChI is InChI=1S/C23H27FN4O4S/c1-5-32-23-20(31-3)11-10-18(28-23)19(13-33(4,29)30)27-22-21(25)14(2)16(12-26-22)15-8-6-7-9-17(15)24/h6-12,19H,5,13,25H2,1-4H3,(H,26,27)/t19-/m1/s1. The average molecular weight is 475 g/mol. The summed E-state index contributed by atoms with van der Waals surface area (Å²) in [5, 5.41) is 3.09. The molecule has 0 amide bonds. The van der Waals surface area contributed by atoms with Crippen LogP contribution in [0.25, 0.3) is 11.1 Å². The first kappa shape index (κ1) is 24.2. The molecule has 3 aromatic rings. The quantitative estimate of drug-likeness (QED) is 0.481. The van der Waals surface area contributed by atoms with Crippen LogP contribution in [0.4, 0.5) is 15.9 Å². The number of nitrogens with zero attached hydrogens (tertiary/aromatic N) is 2. The van der Waals surface area contributed by atoms with Gasteiger partial charge in [-0.15, -0.1) is 0 Å². The lowest BCUT2D eigenvalue weighted by molar-refractivity contribution is 0.297. The van der Waals surface area contributed by atoms with Crippen LogP contribution in [0.15, 0.2) is 42.6 Å². The summed E-state index contributed by atoms with van der Waals surface area (Å²) in [5.74, 6) is 0.319. The summed E-state index contributed by atoms with van der Waals surface area (Å²) >= 11 is 0. The van der Waals surface area contributed by atoms with Crippen LogP contribution in [0, 0.1) is 12.7 Å². The molecule has 3 N–H and O–H groups in total. The molecule has 0 bridgehead atoms.